The number of halogens is 1. The van der Waals surface area contributed by atoms with E-state index in [1.54, 1.807) is 26.9 Å². The summed E-state index contributed by atoms with van der Waals surface area (Å²) >= 11 is 0. The second-order valence-electron chi connectivity index (χ2n) is 9.67. The number of urea groups is 1. The average Bonchev–Trinajstić information content (AvgIpc) is 2.92. The van der Waals surface area contributed by atoms with Crippen LogP contribution in [0.25, 0.3) is 0 Å². The van der Waals surface area contributed by atoms with Gasteiger partial charge in [0.2, 0.25) is 11.8 Å². The van der Waals surface area contributed by atoms with Crippen molar-refractivity contribution in [2.24, 2.45) is 0 Å². The van der Waals surface area contributed by atoms with Crippen molar-refractivity contribution >= 4 is 17.8 Å². The highest BCUT2D eigenvalue weighted by Gasteiger charge is 2.51. The number of rotatable bonds is 8. The summed E-state index contributed by atoms with van der Waals surface area (Å²) in [5.41, 5.74) is 1.70. The van der Waals surface area contributed by atoms with Crippen LogP contribution < -0.4 is 5.32 Å². The molecule has 2 saturated heterocycles. The lowest BCUT2D eigenvalue weighted by molar-refractivity contribution is -0.191. The Morgan fingerprint density at radius 2 is 1.87 bits per heavy atom. The maximum atomic E-state index is 13.8. The smallest absolute Gasteiger partial charge is 0.333 e. The fourth-order valence-electron chi connectivity index (χ4n) is 5.20. The highest BCUT2D eigenvalue weighted by atomic mass is 19.1. The fraction of sp³-hybridized carbons (Fsp3) is 0.414. The molecule has 0 aliphatic carbocycles. The molecule has 2 aromatic carbocycles. The van der Waals surface area contributed by atoms with E-state index in [-0.39, 0.29) is 43.3 Å². The molecule has 1 N–H and O–H groups in total. The molecule has 4 amide bonds. The second-order valence-corrected chi connectivity index (χ2v) is 9.67. The van der Waals surface area contributed by atoms with Crippen molar-refractivity contribution < 1.29 is 18.8 Å². The molecule has 8 nitrogen and oxygen atoms in total. The van der Waals surface area contributed by atoms with E-state index in [1.165, 1.54) is 17.1 Å². The Hall–Kier alpha value is -3.90. The lowest BCUT2D eigenvalue weighted by Crippen LogP contribution is -2.76. The molecular weight excluding hydrogens is 485 g/mol. The van der Waals surface area contributed by atoms with E-state index in [1.807, 2.05) is 44.2 Å². The maximum absolute atomic E-state index is 13.8. The van der Waals surface area contributed by atoms with Crippen LogP contribution >= 0.6 is 0 Å². The van der Waals surface area contributed by atoms with Gasteiger partial charge in [0.1, 0.15) is 18.0 Å². The zero-order valence-electron chi connectivity index (χ0n) is 21.8. The van der Waals surface area contributed by atoms with Crippen LogP contribution in [0.4, 0.5) is 9.18 Å². The molecule has 0 bridgehead atoms. The van der Waals surface area contributed by atoms with E-state index in [0.29, 0.717) is 13.0 Å². The summed E-state index contributed by atoms with van der Waals surface area (Å²) in [5, 5.41) is 6.02. The molecule has 9 heteroatoms. The maximum Gasteiger partial charge on any atom is 0.334 e. The van der Waals surface area contributed by atoms with Crippen LogP contribution in [0.1, 0.15) is 50.3 Å². The van der Waals surface area contributed by atoms with Crippen LogP contribution in [0, 0.1) is 18.2 Å². The average molecular weight is 520 g/mol. The number of nitrogens with one attached hydrogen (secondary N) is 1. The van der Waals surface area contributed by atoms with Crippen molar-refractivity contribution in [3.05, 3.63) is 71.5 Å². The standard InChI is InChI=1S/C29H34FN5O3/c1-4-6-12-25-28(37)33(21(3)23-13-15-24(30)16-14-23)19-26-34(25)27(36)20-32(17-5-2)35(26)29(38)31-18-22-10-8-7-9-11-22/h2,7-11,13-16,21,25-26H,4,6,12,17-20H2,1,3H3,(H,31,38)/t21?,25-,26-/m0/s1. The minimum atomic E-state index is -0.733. The number of carbonyl (C=O) groups excluding carboxylic acids is 3. The molecule has 2 aliphatic rings. The molecular formula is C29H34FN5O3. The number of terminal acetylenes is 1. The Bertz CT molecular complexity index is 1180. The van der Waals surface area contributed by atoms with Crippen LogP contribution in [0.3, 0.4) is 0 Å². The minimum Gasteiger partial charge on any atom is -0.333 e. The predicted octanol–water partition coefficient (Wildman–Crippen LogP) is 3.52. The number of nitrogens with zero attached hydrogens (tertiary/aromatic N) is 4. The van der Waals surface area contributed by atoms with Crippen LogP contribution in [0.15, 0.2) is 54.6 Å². The Kier molecular flexibility index (Phi) is 8.64. The number of hydrogen-bond acceptors (Lipinski definition) is 4. The van der Waals surface area contributed by atoms with Crippen molar-refractivity contribution in [2.75, 3.05) is 19.6 Å². The topological polar surface area (TPSA) is 76.2 Å². The van der Waals surface area contributed by atoms with Crippen molar-refractivity contribution in [1.82, 2.24) is 25.1 Å². The SMILES string of the molecule is C#CCN1CC(=O)N2[C@@H](CCCC)C(=O)N(C(C)c3ccc(F)cc3)C[C@@H]2N1C(=O)NCc1ccccc1. The first-order chi connectivity index (χ1) is 18.3. The van der Waals surface area contributed by atoms with Crippen molar-refractivity contribution in [3.8, 4) is 12.3 Å². The highest BCUT2D eigenvalue weighted by molar-refractivity contribution is 5.91. The van der Waals surface area contributed by atoms with E-state index in [0.717, 1.165) is 24.0 Å². The van der Waals surface area contributed by atoms with E-state index in [2.05, 4.69) is 11.2 Å². The second kappa shape index (κ2) is 12.1. The van der Waals surface area contributed by atoms with E-state index >= 15 is 0 Å². The summed E-state index contributed by atoms with van der Waals surface area (Å²) in [7, 11) is 0. The molecule has 0 saturated carbocycles. The largest absolute Gasteiger partial charge is 0.334 e. The Morgan fingerprint density at radius 3 is 2.53 bits per heavy atom. The van der Waals surface area contributed by atoms with Gasteiger partial charge in [-0.25, -0.2) is 14.2 Å². The normalized spacial score (nSPS) is 20.6. The van der Waals surface area contributed by atoms with Gasteiger partial charge in [-0.1, -0.05) is 68.2 Å². The number of amides is 4. The first-order valence-electron chi connectivity index (χ1n) is 13.0. The first kappa shape index (κ1) is 27.1. The lowest BCUT2D eigenvalue weighted by atomic mass is 9.97. The van der Waals surface area contributed by atoms with Gasteiger partial charge < -0.3 is 15.1 Å². The van der Waals surface area contributed by atoms with E-state index in [4.69, 9.17) is 6.42 Å². The van der Waals surface area contributed by atoms with Gasteiger partial charge in [-0.05, 0) is 36.6 Å². The van der Waals surface area contributed by atoms with Gasteiger partial charge in [0, 0.05) is 6.54 Å². The van der Waals surface area contributed by atoms with Crippen molar-refractivity contribution in [1.29, 1.82) is 0 Å². The highest BCUT2D eigenvalue weighted by Crippen LogP contribution is 2.33. The van der Waals surface area contributed by atoms with Gasteiger partial charge in [0.05, 0.1) is 25.7 Å². The van der Waals surface area contributed by atoms with E-state index in [9.17, 15) is 18.8 Å². The van der Waals surface area contributed by atoms with Gasteiger partial charge in [-0.3, -0.25) is 9.59 Å². The number of unbranched alkanes of at least 4 members (excludes halogenated alkanes) is 1. The molecule has 2 aromatic rings. The molecule has 0 aromatic heterocycles. The molecule has 1 unspecified atom stereocenters. The Balaban J connectivity index is 1.68. The van der Waals surface area contributed by atoms with Gasteiger partial charge in [0.25, 0.3) is 0 Å². The van der Waals surface area contributed by atoms with Crippen LogP contribution in [0.5, 0.6) is 0 Å². The van der Waals surface area contributed by atoms with Crippen molar-refractivity contribution in [3.63, 3.8) is 0 Å². The third kappa shape index (κ3) is 5.65. The zero-order chi connectivity index (χ0) is 27.2. The summed E-state index contributed by atoms with van der Waals surface area (Å²) < 4.78 is 13.6. The van der Waals surface area contributed by atoms with Gasteiger partial charge in [-0.15, -0.1) is 6.42 Å². The van der Waals surface area contributed by atoms with Crippen molar-refractivity contribution in [2.45, 2.75) is 57.9 Å². The summed E-state index contributed by atoms with van der Waals surface area (Å²) in [6.07, 6.45) is 6.97. The molecule has 0 spiro atoms. The lowest BCUT2D eigenvalue weighted by Gasteiger charge is -2.55. The fourth-order valence-corrected chi connectivity index (χ4v) is 5.20. The molecule has 0 radical (unpaired) electrons. The number of carbonyl (C=O) groups is 3. The molecule has 2 fully saturated rings. The molecule has 2 aliphatic heterocycles. The van der Waals surface area contributed by atoms with Crippen LogP contribution in [-0.2, 0) is 16.1 Å². The summed E-state index contributed by atoms with van der Waals surface area (Å²) in [6, 6.07) is 14.1. The third-order valence-electron chi connectivity index (χ3n) is 7.20. The van der Waals surface area contributed by atoms with Gasteiger partial charge in [0.15, 0.2) is 0 Å². The number of fused-ring (bicyclic) bond motifs is 1. The summed E-state index contributed by atoms with van der Waals surface area (Å²) in [5.74, 6) is 1.78. The van der Waals surface area contributed by atoms with Crippen LogP contribution in [0.2, 0.25) is 0 Å². The van der Waals surface area contributed by atoms with Gasteiger partial charge in [-0.2, -0.15) is 5.01 Å². The molecule has 200 valence electrons. The molecule has 3 atom stereocenters. The first-order valence-corrected chi connectivity index (χ1v) is 13.0. The monoisotopic (exact) mass is 519 g/mol. The quantitative estimate of drug-likeness (QED) is 0.542. The molecule has 38 heavy (non-hydrogen) atoms. The Morgan fingerprint density at radius 1 is 1.16 bits per heavy atom. The zero-order valence-corrected chi connectivity index (χ0v) is 21.8. The van der Waals surface area contributed by atoms with Gasteiger partial charge >= 0.3 is 6.03 Å². The number of benzene rings is 2. The number of hydrogen-bond donors (Lipinski definition) is 1. The number of piperazine rings is 1. The van der Waals surface area contributed by atoms with E-state index < -0.39 is 18.2 Å². The minimum absolute atomic E-state index is 0.0654. The number of hydrazine groups is 1. The molecule has 2 heterocycles. The Labute approximate surface area is 223 Å². The summed E-state index contributed by atoms with van der Waals surface area (Å²) in [6.45, 7) is 4.28. The third-order valence-corrected chi connectivity index (χ3v) is 7.20. The summed E-state index contributed by atoms with van der Waals surface area (Å²) in [4.78, 5) is 44.1. The predicted molar refractivity (Wildman–Crippen MR) is 141 cm³/mol. The van der Waals surface area contributed by atoms with Crippen LogP contribution in [-0.4, -0.2) is 69.5 Å². The molecule has 4 rings (SSSR count).